The van der Waals surface area contributed by atoms with Crippen molar-refractivity contribution in [3.8, 4) is 5.75 Å². The molecule has 5 N–H and O–H groups in total. The third-order valence-electron chi connectivity index (χ3n) is 5.98. The largest absolute Gasteiger partial charge is 0.493 e. The number of ether oxygens (including phenoxy) is 1. The van der Waals surface area contributed by atoms with Crippen molar-refractivity contribution >= 4 is 57.0 Å². The second kappa shape index (κ2) is 15.0. The number of thioether (sulfide) groups is 1. The van der Waals surface area contributed by atoms with Crippen LogP contribution in [-0.4, -0.2) is 38.5 Å². The van der Waals surface area contributed by atoms with Crippen molar-refractivity contribution in [2.75, 3.05) is 23.0 Å². The van der Waals surface area contributed by atoms with Crippen LogP contribution < -0.4 is 25.8 Å². The average molecular weight is 631 g/mol. The average Bonchev–Trinajstić information content (AvgIpc) is 3.01. The van der Waals surface area contributed by atoms with Crippen molar-refractivity contribution in [3.63, 3.8) is 0 Å². The molecule has 0 atom stereocenters. The van der Waals surface area contributed by atoms with E-state index in [0.29, 0.717) is 39.8 Å². The SMILES string of the molecule is CCOc1ccccc1/C=C(/NC(=O)c1ccccc1)C(=O)Nc1cccc(SCC(=O)Nc2ccc(S(N)(=O)=O)cc2)c1. The zero-order chi connectivity index (χ0) is 31.5. The smallest absolute Gasteiger partial charge is 0.272 e. The Kier molecular flexibility index (Phi) is 10.9. The number of carbonyl (C=O) groups is 3. The zero-order valence-electron chi connectivity index (χ0n) is 23.6. The van der Waals surface area contributed by atoms with Crippen LogP contribution in [0.3, 0.4) is 0 Å². The topological polar surface area (TPSA) is 157 Å². The van der Waals surface area contributed by atoms with Gasteiger partial charge in [-0.15, -0.1) is 11.8 Å². The standard InChI is InChI=1S/C32H30N4O6S2/c1-2-42-29-14-7-6-11-23(29)19-28(36-31(38)22-9-4-3-5-10-22)32(39)35-25-12-8-13-26(20-25)43-21-30(37)34-24-15-17-27(18-16-24)44(33,40)41/h3-20H,2,21H2,1H3,(H,34,37)(H,35,39)(H,36,38)(H2,33,40,41)/b28-19+. The minimum atomic E-state index is -3.83. The van der Waals surface area contributed by atoms with Gasteiger partial charge >= 0.3 is 0 Å². The maximum absolute atomic E-state index is 13.5. The van der Waals surface area contributed by atoms with Gasteiger partial charge in [0.25, 0.3) is 11.8 Å². The molecule has 0 aromatic heterocycles. The third-order valence-corrected chi connectivity index (χ3v) is 7.90. The Labute approximate surface area is 259 Å². The summed E-state index contributed by atoms with van der Waals surface area (Å²) >= 11 is 1.24. The van der Waals surface area contributed by atoms with Crippen molar-refractivity contribution in [2.24, 2.45) is 5.14 Å². The molecule has 3 amide bonds. The molecule has 0 heterocycles. The highest BCUT2D eigenvalue weighted by atomic mass is 32.2. The van der Waals surface area contributed by atoms with Crippen LogP contribution >= 0.6 is 11.8 Å². The lowest BCUT2D eigenvalue weighted by Crippen LogP contribution is -2.30. The molecule has 0 saturated heterocycles. The zero-order valence-corrected chi connectivity index (χ0v) is 25.3. The minimum absolute atomic E-state index is 0.0110. The van der Waals surface area contributed by atoms with Crippen LogP contribution in [0.5, 0.6) is 5.75 Å². The number of amides is 3. The normalized spacial score (nSPS) is 11.4. The number of nitrogens with one attached hydrogen (secondary N) is 3. The predicted molar refractivity (Wildman–Crippen MR) is 172 cm³/mol. The van der Waals surface area contributed by atoms with Gasteiger partial charge in [0.05, 0.1) is 17.3 Å². The van der Waals surface area contributed by atoms with E-state index in [0.717, 1.165) is 0 Å². The monoisotopic (exact) mass is 630 g/mol. The van der Waals surface area contributed by atoms with Crippen molar-refractivity contribution in [3.05, 3.63) is 120 Å². The maximum Gasteiger partial charge on any atom is 0.272 e. The fourth-order valence-corrected chi connectivity index (χ4v) is 5.19. The molecule has 0 bridgehead atoms. The van der Waals surface area contributed by atoms with Crippen LogP contribution in [0.25, 0.3) is 6.08 Å². The van der Waals surface area contributed by atoms with Gasteiger partial charge in [0.1, 0.15) is 11.4 Å². The second-order valence-corrected chi connectivity index (χ2v) is 11.8. The Morgan fingerprint density at radius 2 is 1.55 bits per heavy atom. The lowest BCUT2D eigenvalue weighted by atomic mass is 10.1. The first-order valence-electron chi connectivity index (χ1n) is 13.4. The molecule has 0 aliphatic rings. The van der Waals surface area contributed by atoms with Gasteiger partial charge in [0.2, 0.25) is 15.9 Å². The number of benzene rings is 4. The summed E-state index contributed by atoms with van der Waals surface area (Å²) in [6.07, 6.45) is 1.56. The van der Waals surface area contributed by atoms with E-state index in [-0.39, 0.29) is 22.3 Å². The van der Waals surface area contributed by atoms with Crippen LogP contribution in [0.1, 0.15) is 22.8 Å². The number of primary sulfonamides is 1. The molecular weight excluding hydrogens is 601 g/mol. The van der Waals surface area contributed by atoms with E-state index in [1.165, 1.54) is 36.0 Å². The Hall–Kier alpha value is -4.91. The molecule has 0 aliphatic carbocycles. The highest BCUT2D eigenvalue weighted by Crippen LogP contribution is 2.24. The fraction of sp³-hybridized carbons (Fsp3) is 0.0938. The number of sulfonamides is 1. The van der Waals surface area contributed by atoms with Gasteiger partial charge < -0.3 is 20.7 Å². The number of hydrogen-bond acceptors (Lipinski definition) is 7. The van der Waals surface area contributed by atoms with Crippen molar-refractivity contribution in [1.82, 2.24) is 5.32 Å². The molecule has 44 heavy (non-hydrogen) atoms. The molecule has 0 saturated carbocycles. The molecule has 226 valence electrons. The molecule has 12 heteroatoms. The van der Waals surface area contributed by atoms with E-state index < -0.39 is 21.8 Å². The van der Waals surface area contributed by atoms with Gasteiger partial charge in [-0.3, -0.25) is 14.4 Å². The first kappa shape index (κ1) is 32.0. The van der Waals surface area contributed by atoms with Crippen LogP contribution in [0.2, 0.25) is 0 Å². The second-order valence-electron chi connectivity index (χ2n) is 9.24. The van der Waals surface area contributed by atoms with Crippen LogP contribution in [0.15, 0.2) is 119 Å². The number of para-hydroxylation sites is 1. The first-order valence-corrected chi connectivity index (χ1v) is 15.9. The van der Waals surface area contributed by atoms with E-state index >= 15 is 0 Å². The van der Waals surface area contributed by atoms with Gasteiger partial charge in [-0.05, 0) is 73.7 Å². The summed E-state index contributed by atoms with van der Waals surface area (Å²) in [4.78, 5) is 39.6. The van der Waals surface area contributed by atoms with E-state index in [4.69, 9.17) is 9.88 Å². The molecule has 0 unspecified atom stereocenters. The van der Waals surface area contributed by atoms with E-state index in [2.05, 4.69) is 16.0 Å². The predicted octanol–water partition coefficient (Wildman–Crippen LogP) is 4.87. The number of hydrogen-bond donors (Lipinski definition) is 4. The molecule has 4 rings (SSSR count). The summed E-state index contributed by atoms with van der Waals surface area (Å²) in [6.45, 7) is 2.28. The maximum atomic E-state index is 13.5. The number of nitrogens with two attached hydrogens (primary N) is 1. The van der Waals surface area contributed by atoms with Crippen LogP contribution in [0.4, 0.5) is 11.4 Å². The van der Waals surface area contributed by atoms with Crippen molar-refractivity contribution in [1.29, 1.82) is 0 Å². The molecule has 4 aromatic carbocycles. The van der Waals surface area contributed by atoms with E-state index in [1.54, 1.807) is 78.9 Å². The summed E-state index contributed by atoms with van der Waals surface area (Å²) in [7, 11) is -3.83. The first-order chi connectivity index (χ1) is 21.1. The molecule has 0 aliphatic heterocycles. The Bertz CT molecular complexity index is 1780. The Balaban J connectivity index is 1.46. The van der Waals surface area contributed by atoms with Crippen molar-refractivity contribution in [2.45, 2.75) is 16.7 Å². The van der Waals surface area contributed by atoms with Crippen LogP contribution in [0, 0.1) is 0 Å². The van der Waals surface area contributed by atoms with Crippen molar-refractivity contribution < 1.29 is 27.5 Å². The number of rotatable bonds is 12. The lowest BCUT2D eigenvalue weighted by molar-refractivity contribution is -0.114. The molecule has 0 fully saturated rings. The summed E-state index contributed by atoms with van der Waals surface area (Å²) in [5.74, 6) is -0.694. The third kappa shape index (κ3) is 9.30. The minimum Gasteiger partial charge on any atom is -0.493 e. The molecule has 4 aromatic rings. The molecular formula is C32H30N4O6S2. The van der Waals surface area contributed by atoms with Crippen LogP contribution in [-0.2, 0) is 19.6 Å². The highest BCUT2D eigenvalue weighted by molar-refractivity contribution is 8.00. The van der Waals surface area contributed by atoms with Gasteiger partial charge in [-0.25, -0.2) is 13.6 Å². The molecule has 0 spiro atoms. The van der Waals surface area contributed by atoms with Gasteiger partial charge in [-0.1, -0.05) is 42.5 Å². The Morgan fingerprint density at radius 3 is 2.25 bits per heavy atom. The molecule has 0 radical (unpaired) electrons. The fourth-order valence-electron chi connectivity index (χ4n) is 3.92. The van der Waals surface area contributed by atoms with Gasteiger partial charge in [-0.2, -0.15) is 0 Å². The summed E-state index contributed by atoms with van der Waals surface area (Å²) in [5, 5.41) is 13.3. The lowest BCUT2D eigenvalue weighted by Gasteiger charge is -2.13. The van der Waals surface area contributed by atoms with E-state index in [9.17, 15) is 22.8 Å². The summed E-state index contributed by atoms with van der Waals surface area (Å²) < 4.78 is 28.5. The van der Waals surface area contributed by atoms with Gasteiger partial charge in [0, 0.05) is 27.4 Å². The Morgan fingerprint density at radius 1 is 0.841 bits per heavy atom. The number of anilines is 2. The highest BCUT2D eigenvalue weighted by Gasteiger charge is 2.17. The summed E-state index contributed by atoms with van der Waals surface area (Å²) in [5.41, 5.74) is 1.89. The van der Waals surface area contributed by atoms with Gasteiger partial charge in [0.15, 0.2) is 0 Å². The number of carbonyl (C=O) groups excluding carboxylic acids is 3. The summed E-state index contributed by atoms with van der Waals surface area (Å²) in [6, 6.07) is 28.2. The quantitative estimate of drug-likeness (QED) is 0.128. The molecule has 10 nitrogen and oxygen atoms in total. The van der Waals surface area contributed by atoms with E-state index in [1.807, 2.05) is 13.0 Å².